The molecule has 0 aromatic carbocycles. The van der Waals surface area contributed by atoms with Gasteiger partial charge in [0.05, 0.1) is 0 Å². The lowest BCUT2D eigenvalue weighted by Crippen LogP contribution is -2.06. The van der Waals surface area contributed by atoms with E-state index in [1.54, 1.807) is 0 Å². The van der Waals surface area contributed by atoms with Gasteiger partial charge in [-0.2, -0.15) is 0 Å². The second-order valence-corrected chi connectivity index (χ2v) is 4.50. The van der Waals surface area contributed by atoms with Crippen LogP contribution in [0.1, 0.15) is 57.0 Å². The molecular weight excluding hydrogens is 186 g/mol. The molecule has 3 nitrogen and oxygen atoms in total. The minimum Gasteiger partial charge on any atom is -0.370 e. The lowest BCUT2D eigenvalue weighted by atomic mass is 10.1. The average Bonchev–Trinajstić information content (AvgIpc) is 3.01. The molecule has 2 rings (SSSR count). The van der Waals surface area contributed by atoms with Gasteiger partial charge in [-0.05, 0) is 25.7 Å². The van der Waals surface area contributed by atoms with Crippen molar-refractivity contribution in [2.75, 3.05) is 11.9 Å². The number of aromatic nitrogens is 2. The summed E-state index contributed by atoms with van der Waals surface area (Å²) < 4.78 is 0. The van der Waals surface area contributed by atoms with E-state index in [-0.39, 0.29) is 0 Å². The van der Waals surface area contributed by atoms with E-state index in [1.807, 2.05) is 0 Å². The third-order valence-electron chi connectivity index (χ3n) is 2.66. The van der Waals surface area contributed by atoms with Gasteiger partial charge in [-0.15, -0.1) is 0 Å². The zero-order valence-corrected chi connectivity index (χ0v) is 9.75. The first-order valence-corrected chi connectivity index (χ1v) is 5.83. The van der Waals surface area contributed by atoms with Crippen molar-refractivity contribution in [3.63, 3.8) is 0 Å². The Balaban J connectivity index is 2.30. The van der Waals surface area contributed by atoms with Crippen LogP contribution in [0.2, 0.25) is 0 Å². The van der Waals surface area contributed by atoms with Crippen molar-refractivity contribution in [3.05, 3.63) is 17.6 Å². The van der Waals surface area contributed by atoms with Crippen molar-refractivity contribution < 1.29 is 0 Å². The highest BCUT2D eigenvalue weighted by atomic mass is 15.0. The fraction of sp³-hybridized carbons (Fsp3) is 0.667. The predicted octanol–water partition coefficient (Wildman–Crippen LogP) is 2.91. The number of nitrogens with one attached hydrogen (secondary N) is 1. The SMILES string of the molecule is CCNc1cc(C(C)C)nc(C2CC2)n1. The lowest BCUT2D eigenvalue weighted by molar-refractivity contribution is 0.784. The maximum Gasteiger partial charge on any atom is 0.134 e. The second-order valence-electron chi connectivity index (χ2n) is 4.50. The summed E-state index contributed by atoms with van der Waals surface area (Å²) in [6, 6.07) is 2.07. The van der Waals surface area contributed by atoms with Gasteiger partial charge in [-0.25, -0.2) is 9.97 Å². The summed E-state index contributed by atoms with van der Waals surface area (Å²) in [5.74, 6) is 3.12. The van der Waals surface area contributed by atoms with Crippen LogP contribution in [0.25, 0.3) is 0 Å². The molecule has 1 saturated carbocycles. The Hall–Kier alpha value is -1.12. The lowest BCUT2D eigenvalue weighted by Gasteiger charge is -2.10. The molecule has 1 N–H and O–H groups in total. The highest BCUT2D eigenvalue weighted by Gasteiger charge is 2.27. The first-order valence-electron chi connectivity index (χ1n) is 5.83. The number of hydrogen-bond donors (Lipinski definition) is 1. The summed E-state index contributed by atoms with van der Waals surface area (Å²) in [4.78, 5) is 9.17. The van der Waals surface area contributed by atoms with Crippen molar-refractivity contribution in [1.29, 1.82) is 0 Å². The first kappa shape index (κ1) is 10.4. The fourth-order valence-electron chi connectivity index (χ4n) is 1.58. The molecule has 0 amide bonds. The van der Waals surface area contributed by atoms with Gasteiger partial charge >= 0.3 is 0 Å². The van der Waals surface area contributed by atoms with Gasteiger partial charge in [0.2, 0.25) is 0 Å². The monoisotopic (exact) mass is 205 g/mol. The van der Waals surface area contributed by atoms with Crippen LogP contribution in [-0.2, 0) is 0 Å². The highest BCUT2D eigenvalue weighted by molar-refractivity contribution is 5.37. The van der Waals surface area contributed by atoms with Crippen molar-refractivity contribution in [2.45, 2.75) is 45.4 Å². The van der Waals surface area contributed by atoms with Crippen LogP contribution in [-0.4, -0.2) is 16.5 Å². The fourth-order valence-corrected chi connectivity index (χ4v) is 1.58. The van der Waals surface area contributed by atoms with Crippen molar-refractivity contribution in [2.24, 2.45) is 0 Å². The second kappa shape index (κ2) is 4.17. The molecule has 15 heavy (non-hydrogen) atoms. The van der Waals surface area contributed by atoms with Crippen LogP contribution in [0.4, 0.5) is 5.82 Å². The molecule has 1 heterocycles. The van der Waals surface area contributed by atoms with Crippen molar-refractivity contribution in [3.8, 4) is 0 Å². The maximum absolute atomic E-state index is 4.63. The van der Waals surface area contributed by atoms with Gasteiger partial charge in [-0.1, -0.05) is 13.8 Å². The van der Waals surface area contributed by atoms with E-state index in [9.17, 15) is 0 Å². The van der Waals surface area contributed by atoms with Crippen LogP contribution >= 0.6 is 0 Å². The van der Waals surface area contributed by atoms with E-state index < -0.39 is 0 Å². The van der Waals surface area contributed by atoms with E-state index >= 15 is 0 Å². The summed E-state index contributed by atoms with van der Waals surface area (Å²) in [7, 11) is 0. The molecule has 0 atom stereocenters. The Labute approximate surface area is 91.3 Å². The number of rotatable bonds is 4. The summed E-state index contributed by atoms with van der Waals surface area (Å²) in [5.41, 5.74) is 1.16. The normalized spacial score (nSPS) is 15.7. The van der Waals surface area contributed by atoms with Crippen molar-refractivity contribution in [1.82, 2.24) is 9.97 Å². The number of nitrogens with zero attached hydrogens (tertiary/aromatic N) is 2. The quantitative estimate of drug-likeness (QED) is 0.821. The smallest absolute Gasteiger partial charge is 0.134 e. The summed E-state index contributed by atoms with van der Waals surface area (Å²) in [6.07, 6.45) is 2.51. The Kier molecular flexibility index (Phi) is 2.89. The Bertz CT molecular complexity index is 322. The number of anilines is 1. The molecular formula is C12H19N3. The first-order chi connectivity index (χ1) is 7.20. The third-order valence-corrected chi connectivity index (χ3v) is 2.66. The maximum atomic E-state index is 4.63. The standard InChI is InChI=1S/C12H19N3/c1-4-13-11-7-10(8(2)3)14-12(15-11)9-5-6-9/h7-9H,4-6H2,1-3H3,(H,13,14,15). The topological polar surface area (TPSA) is 37.8 Å². The van der Waals surface area contributed by atoms with Gasteiger partial charge in [0.15, 0.2) is 0 Å². The Morgan fingerprint density at radius 2 is 2.13 bits per heavy atom. The van der Waals surface area contributed by atoms with Gasteiger partial charge in [0.25, 0.3) is 0 Å². The molecule has 1 aliphatic rings. The van der Waals surface area contributed by atoms with Crippen molar-refractivity contribution >= 4 is 5.82 Å². The largest absolute Gasteiger partial charge is 0.370 e. The molecule has 0 spiro atoms. The molecule has 82 valence electrons. The zero-order chi connectivity index (χ0) is 10.8. The molecule has 1 aromatic rings. The molecule has 0 aliphatic heterocycles. The molecule has 3 heteroatoms. The molecule has 1 aromatic heterocycles. The summed E-state index contributed by atoms with van der Waals surface area (Å²) in [5, 5.41) is 3.27. The third kappa shape index (κ3) is 2.46. The van der Waals surface area contributed by atoms with Crippen LogP contribution in [0.3, 0.4) is 0 Å². The molecule has 0 bridgehead atoms. The van der Waals surface area contributed by atoms with Gasteiger partial charge in [0, 0.05) is 24.2 Å². The van der Waals surface area contributed by atoms with Gasteiger partial charge in [-0.3, -0.25) is 0 Å². The van der Waals surface area contributed by atoms with Crippen LogP contribution in [0.5, 0.6) is 0 Å². The summed E-state index contributed by atoms with van der Waals surface area (Å²) >= 11 is 0. The molecule has 0 unspecified atom stereocenters. The predicted molar refractivity (Wildman–Crippen MR) is 62.3 cm³/mol. The Morgan fingerprint density at radius 3 is 2.67 bits per heavy atom. The van der Waals surface area contributed by atoms with E-state index in [2.05, 4.69) is 42.1 Å². The zero-order valence-electron chi connectivity index (χ0n) is 9.75. The van der Waals surface area contributed by atoms with Crippen LogP contribution < -0.4 is 5.32 Å². The minimum atomic E-state index is 0.475. The van der Waals surface area contributed by atoms with E-state index in [0.29, 0.717) is 11.8 Å². The van der Waals surface area contributed by atoms with Crippen LogP contribution in [0.15, 0.2) is 6.07 Å². The summed E-state index contributed by atoms with van der Waals surface area (Å²) in [6.45, 7) is 7.36. The molecule has 0 radical (unpaired) electrons. The van der Waals surface area contributed by atoms with E-state index in [1.165, 1.54) is 12.8 Å². The van der Waals surface area contributed by atoms with E-state index in [0.717, 1.165) is 23.9 Å². The van der Waals surface area contributed by atoms with Gasteiger partial charge in [0.1, 0.15) is 11.6 Å². The molecule has 0 saturated heterocycles. The Morgan fingerprint density at radius 1 is 1.40 bits per heavy atom. The van der Waals surface area contributed by atoms with Gasteiger partial charge < -0.3 is 5.32 Å². The number of hydrogen-bond acceptors (Lipinski definition) is 3. The average molecular weight is 205 g/mol. The molecule has 1 fully saturated rings. The molecule has 1 aliphatic carbocycles. The van der Waals surface area contributed by atoms with Crippen LogP contribution in [0, 0.1) is 0 Å². The highest BCUT2D eigenvalue weighted by Crippen LogP contribution is 2.38. The minimum absolute atomic E-state index is 0.475. The van der Waals surface area contributed by atoms with E-state index in [4.69, 9.17) is 0 Å².